The van der Waals surface area contributed by atoms with Gasteiger partial charge in [-0.15, -0.1) is 0 Å². The van der Waals surface area contributed by atoms with Crippen LogP contribution in [-0.2, 0) is 16.1 Å². The van der Waals surface area contributed by atoms with Gasteiger partial charge in [0.25, 0.3) is 0 Å². The number of para-hydroxylation sites is 1. The summed E-state index contributed by atoms with van der Waals surface area (Å²) in [5.74, 6) is -0.360. The van der Waals surface area contributed by atoms with Crippen LogP contribution in [0.2, 0.25) is 0 Å². The van der Waals surface area contributed by atoms with Crippen LogP contribution in [0.5, 0.6) is 0 Å². The van der Waals surface area contributed by atoms with Crippen LogP contribution in [0.3, 0.4) is 0 Å². The summed E-state index contributed by atoms with van der Waals surface area (Å²) in [5.41, 5.74) is 4.19. The van der Waals surface area contributed by atoms with Gasteiger partial charge < -0.3 is 10.1 Å². The van der Waals surface area contributed by atoms with Gasteiger partial charge in [-0.1, -0.05) is 24.3 Å². The number of rotatable bonds is 4. The van der Waals surface area contributed by atoms with E-state index in [2.05, 4.69) is 31.3 Å². The van der Waals surface area contributed by atoms with Crippen molar-refractivity contribution in [3.8, 4) is 0 Å². The molecule has 6 heteroatoms. The molecule has 1 fully saturated rings. The van der Waals surface area contributed by atoms with Gasteiger partial charge in [-0.25, -0.2) is 4.98 Å². The third kappa shape index (κ3) is 4.39. The highest BCUT2D eigenvalue weighted by Crippen LogP contribution is 2.35. The number of fused-ring (bicyclic) bond motifs is 2. The summed E-state index contributed by atoms with van der Waals surface area (Å²) < 4.78 is 5.83. The first-order valence-corrected chi connectivity index (χ1v) is 11.8. The van der Waals surface area contributed by atoms with Gasteiger partial charge in [-0.2, -0.15) is 0 Å². The molecule has 0 aliphatic carbocycles. The van der Waals surface area contributed by atoms with Crippen LogP contribution in [-0.4, -0.2) is 34.9 Å². The van der Waals surface area contributed by atoms with E-state index < -0.39 is 0 Å². The molecule has 34 heavy (non-hydrogen) atoms. The van der Waals surface area contributed by atoms with E-state index in [1.807, 2.05) is 30.3 Å². The number of carbonyl (C=O) groups excluding carboxylic acids is 2. The van der Waals surface area contributed by atoms with E-state index in [1.54, 1.807) is 18.2 Å². The maximum atomic E-state index is 13.0. The number of Topliss-reactive ketones (excluding diaryl/α,β-unsaturated/α-hetero) is 1. The van der Waals surface area contributed by atoms with Gasteiger partial charge in [0.15, 0.2) is 0 Å². The molecule has 174 valence electrons. The number of hydrogen-bond acceptors (Lipinski definition) is 5. The number of amides is 1. The topological polar surface area (TPSA) is 71.5 Å². The normalized spacial score (nSPS) is 23.5. The van der Waals surface area contributed by atoms with Crippen molar-refractivity contribution in [3.63, 3.8) is 0 Å². The van der Waals surface area contributed by atoms with Crippen molar-refractivity contribution < 1.29 is 14.3 Å². The standard InChI is InChI=1S/C28H29N3O3/c1-17-12-23(13-18(2)34-17)29-16-20-8-11-25-21(14-20)9-10-22(30-25)15-27-28(33)24-6-4-5-7-26(24)31(27)19(3)32/h4-11,14-15,17-18,23,29H,12-13,16H2,1-3H3/b27-15-/t17-,18+,23?. The van der Waals surface area contributed by atoms with E-state index >= 15 is 0 Å². The SMILES string of the molecule is CC(=O)N1/C(=C\c2ccc3cc(CNC4C[C@@H](C)O[C@@H](C)C4)ccc3n2)C(=O)c2ccccc21. The van der Waals surface area contributed by atoms with Gasteiger partial charge in [0.05, 0.1) is 34.8 Å². The van der Waals surface area contributed by atoms with E-state index in [-0.39, 0.29) is 23.9 Å². The Morgan fingerprint density at radius 2 is 1.88 bits per heavy atom. The van der Waals surface area contributed by atoms with E-state index in [0.717, 1.165) is 30.3 Å². The van der Waals surface area contributed by atoms with Crippen molar-refractivity contribution in [2.45, 2.75) is 58.4 Å². The zero-order chi connectivity index (χ0) is 23.8. The van der Waals surface area contributed by atoms with Crippen molar-refractivity contribution in [1.82, 2.24) is 10.3 Å². The quantitative estimate of drug-likeness (QED) is 0.568. The fourth-order valence-electron chi connectivity index (χ4n) is 5.05. The van der Waals surface area contributed by atoms with Crippen molar-refractivity contribution >= 4 is 34.4 Å². The molecule has 0 radical (unpaired) electrons. The van der Waals surface area contributed by atoms with E-state index in [0.29, 0.717) is 28.7 Å². The lowest BCUT2D eigenvalue weighted by Crippen LogP contribution is -2.40. The predicted octanol–water partition coefficient (Wildman–Crippen LogP) is 4.87. The van der Waals surface area contributed by atoms with Crippen LogP contribution < -0.4 is 10.2 Å². The van der Waals surface area contributed by atoms with Crippen LogP contribution in [0.1, 0.15) is 55.2 Å². The molecule has 1 unspecified atom stereocenters. The number of ketones is 1. The molecule has 1 saturated heterocycles. The Balaban J connectivity index is 1.36. The maximum absolute atomic E-state index is 13.0. The van der Waals surface area contributed by atoms with Gasteiger partial charge in [0, 0.05) is 30.5 Å². The first-order valence-electron chi connectivity index (χ1n) is 11.8. The summed E-state index contributed by atoms with van der Waals surface area (Å²) in [5, 5.41) is 4.71. The Labute approximate surface area is 199 Å². The maximum Gasteiger partial charge on any atom is 0.228 e. The molecule has 3 heterocycles. The molecule has 2 aliphatic heterocycles. The van der Waals surface area contributed by atoms with Crippen molar-refractivity contribution in [3.05, 3.63) is 77.1 Å². The lowest BCUT2D eigenvalue weighted by Gasteiger charge is -2.32. The summed E-state index contributed by atoms with van der Waals surface area (Å²) in [6.07, 6.45) is 4.32. The molecule has 1 amide bonds. The van der Waals surface area contributed by atoms with Gasteiger partial charge >= 0.3 is 0 Å². The first kappa shape index (κ1) is 22.4. The van der Waals surface area contributed by atoms with Gasteiger partial charge in [0.1, 0.15) is 0 Å². The largest absolute Gasteiger partial charge is 0.375 e. The predicted molar refractivity (Wildman–Crippen MR) is 134 cm³/mol. The Morgan fingerprint density at radius 3 is 2.65 bits per heavy atom. The summed E-state index contributed by atoms with van der Waals surface area (Å²) in [6, 6.07) is 17.8. The molecule has 2 aliphatic rings. The molecule has 0 spiro atoms. The Kier molecular flexibility index (Phi) is 6.02. The number of hydrogen-bond donors (Lipinski definition) is 1. The number of nitrogens with one attached hydrogen (secondary N) is 1. The summed E-state index contributed by atoms with van der Waals surface area (Å²) >= 11 is 0. The number of pyridine rings is 1. The molecule has 6 nitrogen and oxygen atoms in total. The van der Waals surface area contributed by atoms with Crippen LogP contribution in [0.4, 0.5) is 5.69 Å². The number of nitrogens with zero attached hydrogens (tertiary/aromatic N) is 2. The zero-order valence-electron chi connectivity index (χ0n) is 19.7. The van der Waals surface area contributed by atoms with E-state index in [9.17, 15) is 9.59 Å². The van der Waals surface area contributed by atoms with Crippen LogP contribution in [0.25, 0.3) is 17.0 Å². The summed E-state index contributed by atoms with van der Waals surface area (Å²) in [6.45, 7) is 6.53. The average molecular weight is 456 g/mol. The van der Waals surface area contributed by atoms with Gasteiger partial charge in [0.2, 0.25) is 11.7 Å². The van der Waals surface area contributed by atoms with Gasteiger partial charge in [-0.05, 0) is 68.7 Å². The molecule has 3 atom stereocenters. The molecule has 0 bridgehead atoms. The second kappa shape index (κ2) is 9.12. The zero-order valence-corrected chi connectivity index (χ0v) is 19.7. The molecule has 1 aromatic heterocycles. The number of ether oxygens (including phenoxy) is 1. The highest BCUT2D eigenvalue weighted by Gasteiger charge is 2.34. The van der Waals surface area contributed by atoms with Crippen LogP contribution in [0, 0.1) is 0 Å². The van der Waals surface area contributed by atoms with Crippen molar-refractivity contribution in [2.24, 2.45) is 0 Å². The number of carbonyl (C=O) groups is 2. The monoisotopic (exact) mass is 455 g/mol. The average Bonchev–Trinajstić information content (AvgIpc) is 3.09. The number of benzene rings is 2. The van der Waals surface area contributed by atoms with E-state index in [1.165, 1.54) is 17.4 Å². The fraction of sp³-hybridized carbons (Fsp3) is 0.321. The molecule has 3 aromatic rings. The molecule has 5 rings (SSSR count). The third-order valence-electron chi connectivity index (χ3n) is 6.53. The van der Waals surface area contributed by atoms with Crippen LogP contribution in [0.15, 0.2) is 60.3 Å². The fourth-order valence-corrected chi connectivity index (χ4v) is 5.05. The number of anilines is 1. The number of aromatic nitrogens is 1. The highest BCUT2D eigenvalue weighted by atomic mass is 16.5. The van der Waals surface area contributed by atoms with Crippen molar-refractivity contribution in [2.75, 3.05) is 4.90 Å². The van der Waals surface area contributed by atoms with Crippen molar-refractivity contribution in [1.29, 1.82) is 0 Å². The minimum Gasteiger partial charge on any atom is -0.375 e. The summed E-state index contributed by atoms with van der Waals surface area (Å²) in [7, 11) is 0. The molecule has 0 saturated carbocycles. The molecule has 2 aromatic carbocycles. The molecular formula is C28H29N3O3. The Morgan fingerprint density at radius 1 is 1.12 bits per heavy atom. The molecule has 1 N–H and O–H groups in total. The Hall–Kier alpha value is -3.35. The summed E-state index contributed by atoms with van der Waals surface area (Å²) in [4.78, 5) is 31.5. The minimum absolute atomic E-state index is 0.161. The van der Waals surface area contributed by atoms with Gasteiger partial charge in [-0.3, -0.25) is 14.5 Å². The third-order valence-corrected chi connectivity index (χ3v) is 6.53. The second-order valence-corrected chi connectivity index (χ2v) is 9.30. The minimum atomic E-state index is -0.198. The second-order valence-electron chi connectivity index (χ2n) is 9.30. The number of allylic oxidation sites excluding steroid dienone is 1. The Bertz CT molecular complexity index is 1290. The lowest BCUT2D eigenvalue weighted by atomic mass is 9.99. The molecular weight excluding hydrogens is 426 g/mol. The smallest absolute Gasteiger partial charge is 0.228 e. The van der Waals surface area contributed by atoms with Crippen LogP contribution >= 0.6 is 0 Å². The highest BCUT2D eigenvalue weighted by molar-refractivity contribution is 6.26. The first-order chi connectivity index (χ1) is 16.4. The lowest BCUT2D eigenvalue weighted by molar-refractivity contribution is -0.116. The van der Waals surface area contributed by atoms with E-state index in [4.69, 9.17) is 9.72 Å².